The molecule has 2 rings (SSSR count). The van der Waals surface area contributed by atoms with E-state index in [-0.39, 0.29) is 12.2 Å². The molecular weight excluding hydrogens is 180 g/mol. The molecule has 0 aliphatic rings. The van der Waals surface area contributed by atoms with Crippen LogP contribution in [0.25, 0.3) is 11.0 Å². The number of hydrogen-bond donors (Lipinski definition) is 1. The van der Waals surface area contributed by atoms with Crippen molar-refractivity contribution in [3.05, 3.63) is 46.3 Å². The van der Waals surface area contributed by atoms with Crippen LogP contribution >= 0.6 is 0 Å². The zero-order chi connectivity index (χ0) is 9.97. The molecule has 0 aliphatic heterocycles. The van der Waals surface area contributed by atoms with Gasteiger partial charge < -0.3 is 9.52 Å². The molecule has 3 heteroatoms. The second-order valence-corrected chi connectivity index (χ2v) is 3.10. The molecule has 0 radical (unpaired) electrons. The molecule has 1 aromatic heterocycles. The molecule has 0 saturated carbocycles. The van der Waals surface area contributed by atoms with E-state index < -0.39 is 0 Å². The molecule has 0 amide bonds. The van der Waals surface area contributed by atoms with Gasteiger partial charge in [-0.1, -0.05) is 6.07 Å². The zero-order valence-electron chi connectivity index (χ0n) is 7.56. The van der Waals surface area contributed by atoms with Crippen LogP contribution in [0.15, 0.2) is 39.5 Å². The Morgan fingerprint density at radius 1 is 1.21 bits per heavy atom. The van der Waals surface area contributed by atoms with Gasteiger partial charge in [0.1, 0.15) is 5.58 Å². The van der Waals surface area contributed by atoms with Crippen LogP contribution in [0.5, 0.6) is 0 Å². The van der Waals surface area contributed by atoms with E-state index in [1.807, 2.05) is 12.1 Å². The van der Waals surface area contributed by atoms with Crippen LogP contribution in [0.1, 0.15) is 5.56 Å². The standard InChI is InChI=1S/C11H10O3/c12-6-5-8-1-3-10-9(7-8)2-4-11(13)14-10/h1-4,7,12H,5-6H2. The normalized spacial score (nSPS) is 10.6. The lowest BCUT2D eigenvalue weighted by molar-refractivity contribution is 0.299. The van der Waals surface area contributed by atoms with Crippen LogP contribution in [0.4, 0.5) is 0 Å². The van der Waals surface area contributed by atoms with Crippen molar-refractivity contribution in [2.45, 2.75) is 6.42 Å². The van der Waals surface area contributed by atoms with Crippen molar-refractivity contribution in [2.75, 3.05) is 6.61 Å². The Morgan fingerprint density at radius 2 is 2.07 bits per heavy atom. The number of aliphatic hydroxyl groups excluding tert-OH is 1. The fourth-order valence-corrected chi connectivity index (χ4v) is 1.41. The molecule has 3 nitrogen and oxygen atoms in total. The number of benzene rings is 1. The highest BCUT2D eigenvalue weighted by atomic mass is 16.4. The first-order valence-electron chi connectivity index (χ1n) is 4.43. The third kappa shape index (κ3) is 1.67. The summed E-state index contributed by atoms with van der Waals surface area (Å²) in [5, 5.41) is 9.65. The fraction of sp³-hybridized carbons (Fsp3) is 0.182. The summed E-state index contributed by atoms with van der Waals surface area (Å²) in [5.74, 6) is 0. The minimum absolute atomic E-state index is 0.127. The topological polar surface area (TPSA) is 50.4 Å². The summed E-state index contributed by atoms with van der Waals surface area (Å²) < 4.78 is 4.98. The molecule has 0 aliphatic carbocycles. The zero-order valence-corrected chi connectivity index (χ0v) is 7.56. The van der Waals surface area contributed by atoms with E-state index in [2.05, 4.69) is 0 Å². The molecule has 0 atom stereocenters. The predicted molar refractivity (Wildman–Crippen MR) is 53.3 cm³/mol. The minimum atomic E-state index is -0.340. The van der Waals surface area contributed by atoms with Crippen LogP contribution < -0.4 is 5.63 Å². The minimum Gasteiger partial charge on any atom is -0.423 e. The van der Waals surface area contributed by atoms with E-state index in [4.69, 9.17) is 9.52 Å². The number of hydrogen-bond acceptors (Lipinski definition) is 3. The molecule has 0 unspecified atom stereocenters. The van der Waals surface area contributed by atoms with Gasteiger partial charge in [0.15, 0.2) is 0 Å². The number of rotatable bonds is 2. The number of fused-ring (bicyclic) bond motifs is 1. The van der Waals surface area contributed by atoms with E-state index in [9.17, 15) is 4.79 Å². The van der Waals surface area contributed by atoms with E-state index in [0.717, 1.165) is 10.9 Å². The van der Waals surface area contributed by atoms with E-state index >= 15 is 0 Å². The van der Waals surface area contributed by atoms with Gasteiger partial charge >= 0.3 is 5.63 Å². The maximum atomic E-state index is 10.9. The Bertz CT molecular complexity index is 499. The van der Waals surface area contributed by atoms with Gasteiger partial charge in [-0.15, -0.1) is 0 Å². The summed E-state index contributed by atoms with van der Waals surface area (Å²) in [5.41, 5.74) is 1.28. The Kier molecular flexibility index (Phi) is 2.33. The SMILES string of the molecule is O=c1ccc2cc(CCO)ccc2o1. The summed E-state index contributed by atoms with van der Waals surface area (Å²) >= 11 is 0. The van der Waals surface area contributed by atoms with E-state index in [0.29, 0.717) is 12.0 Å². The maximum Gasteiger partial charge on any atom is 0.336 e. The van der Waals surface area contributed by atoms with Gasteiger partial charge in [-0.2, -0.15) is 0 Å². The summed E-state index contributed by atoms with van der Waals surface area (Å²) in [6.07, 6.45) is 0.620. The first kappa shape index (κ1) is 8.97. The molecule has 0 saturated heterocycles. The van der Waals surface area contributed by atoms with Gasteiger partial charge in [-0.25, -0.2) is 4.79 Å². The van der Waals surface area contributed by atoms with Crippen LogP contribution in [0.2, 0.25) is 0 Å². The lowest BCUT2D eigenvalue weighted by atomic mass is 10.1. The average Bonchev–Trinajstić information content (AvgIpc) is 2.19. The second kappa shape index (κ2) is 3.64. The average molecular weight is 190 g/mol. The molecule has 0 bridgehead atoms. The van der Waals surface area contributed by atoms with Crippen LogP contribution in [0, 0.1) is 0 Å². The van der Waals surface area contributed by atoms with Gasteiger partial charge in [0.2, 0.25) is 0 Å². The maximum absolute atomic E-state index is 10.9. The van der Waals surface area contributed by atoms with Crippen LogP contribution in [-0.2, 0) is 6.42 Å². The Morgan fingerprint density at radius 3 is 2.86 bits per heavy atom. The molecule has 14 heavy (non-hydrogen) atoms. The second-order valence-electron chi connectivity index (χ2n) is 3.10. The lowest BCUT2D eigenvalue weighted by Gasteiger charge is -1.99. The Hall–Kier alpha value is -1.61. The van der Waals surface area contributed by atoms with Gasteiger partial charge in [0.25, 0.3) is 0 Å². The first-order valence-corrected chi connectivity index (χ1v) is 4.43. The van der Waals surface area contributed by atoms with Crippen molar-refractivity contribution >= 4 is 11.0 Å². The fourth-order valence-electron chi connectivity index (χ4n) is 1.41. The summed E-state index contributed by atoms with van der Waals surface area (Å²) in [6.45, 7) is 0.127. The molecule has 1 heterocycles. The largest absolute Gasteiger partial charge is 0.423 e. The first-order chi connectivity index (χ1) is 6.79. The highest BCUT2D eigenvalue weighted by Gasteiger charge is 1.98. The lowest BCUT2D eigenvalue weighted by Crippen LogP contribution is -1.95. The number of aliphatic hydroxyl groups is 1. The van der Waals surface area contributed by atoms with Gasteiger partial charge in [0, 0.05) is 18.1 Å². The molecule has 0 spiro atoms. The predicted octanol–water partition coefficient (Wildman–Crippen LogP) is 1.33. The van der Waals surface area contributed by atoms with Gasteiger partial charge in [-0.3, -0.25) is 0 Å². The van der Waals surface area contributed by atoms with E-state index in [1.54, 1.807) is 12.1 Å². The molecule has 0 fully saturated rings. The molecule has 1 N–H and O–H groups in total. The van der Waals surface area contributed by atoms with Crippen molar-refractivity contribution in [1.82, 2.24) is 0 Å². The monoisotopic (exact) mass is 190 g/mol. The Balaban J connectivity index is 2.56. The molecule has 1 aromatic carbocycles. The van der Waals surface area contributed by atoms with Crippen molar-refractivity contribution < 1.29 is 9.52 Å². The molecule has 2 aromatic rings. The summed E-state index contributed by atoms with van der Waals surface area (Å²) in [7, 11) is 0. The van der Waals surface area contributed by atoms with Crippen LogP contribution in [-0.4, -0.2) is 11.7 Å². The van der Waals surface area contributed by atoms with Crippen molar-refractivity contribution in [3.8, 4) is 0 Å². The van der Waals surface area contributed by atoms with Crippen molar-refractivity contribution in [1.29, 1.82) is 0 Å². The van der Waals surface area contributed by atoms with Crippen LogP contribution in [0.3, 0.4) is 0 Å². The summed E-state index contributed by atoms with van der Waals surface area (Å²) in [6, 6.07) is 8.63. The molecular formula is C11H10O3. The summed E-state index contributed by atoms with van der Waals surface area (Å²) in [4.78, 5) is 10.9. The third-order valence-corrected chi connectivity index (χ3v) is 2.08. The van der Waals surface area contributed by atoms with Crippen molar-refractivity contribution in [2.24, 2.45) is 0 Å². The van der Waals surface area contributed by atoms with E-state index in [1.165, 1.54) is 6.07 Å². The van der Waals surface area contributed by atoms with Gasteiger partial charge in [0.05, 0.1) is 0 Å². The highest BCUT2D eigenvalue weighted by Crippen LogP contribution is 2.14. The Labute approximate surface area is 80.6 Å². The quantitative estimate of drug-likeness (QED) is 0.727. The smallest absolute Gasteiger partial charge is 0.336 e. The van der Waals surface area contributed by atoms with Gasteiger partial charge in [-0.05, 0) is 30.2 Å². The third-order valence-electron chi connectivity index (χ3n) is 2.08. The molecule has 72 valence electrons. The highest BCUT2D eigenvalue weighted by molar-refractivity contribution is 5.76. The van der Waals surface area contributed by atoms with Crippen molar-refractivity contribution in [3.63, 3.8) is 0 Å².